The summed E-state index contributed by atoms with van der Waals surface area (Å²) in [5.41, 5.74) is 3.93. The molecule has 22 heavy (non-hydrogen) atoms. The average Bonchev–Trinajstić information content (AvgIpc) is 3.07. The number of nitrogens with zero attached hydrogens (tertiary/aromatic N) is 1. The van der Waals surface area contributed by atoms with Crippen molar-refractivity contribution in [3.05, 3.63) is 59.7 Å². The van der Waals surface area contributed by atoms with E-state index < -0.39 is 0 Å². The Hall–Kier alpha value is -2.00. The van der Waals surface area contributed by atoms with Gasteiger partial charge in [-0.25, -0.2) is 0 Å². The SMILES string of the molecule is CN1c2ccc(O)cc2C2CCC(NCc3ccccc3)C21. The predicted octanol–water partition coefficient (Wildman–Crippen LogP) is 3.25. The first-order chi connectivity index (χ1) is 10.7. The van der Waals surface area contributed by atoms with E-state index in [-0.39, 0.29) is 0 Å². The fourth-order valence-corrected chi connectivity index (χ4v) is 4.25. The topological polar surface area (TPSA) is 35.5 Å². The lowest BCUT2D eigenvalue weighted by molar-refractivity contribution is 0.458. The first-order valence-corrected chi connectivity index (χ1v) is 8.07. The maximum Gasteiger partial charge on any atom is 0.116 e. The van der Waals surface area contributed by atoms with Gasteiger partial charge in [0.15, 0.2) is 0 Å². The molecule has 0 amide bonds. The summed E-state index contributed by atoms with van der Waals surface area (Å²) < 4.78 is 0. The number of phenolic OH excluding ortho intramolecular Hbond substituents is 1. The van der Waals surface area contributed by atoms with Gasteiger partial charge in [-0.2, -0.15) is 0 Å². The van der Waals surface area contributed by atoms with Crippen molar-refractivity contribution in [1.82, 2.24) is 5.32 Å². The molecule has 114 valence electrons. The van der Waals surface area contributed by atoms with Crippen LogP contribution < -0.4 is 10.2 Å². The molecule has 0 aromatic heterocycles. The molecule has 0 saturated heterocycles. The highest BCUT2D eigenvalue weighted by molar-refractivity contribution is 5.64. The molecule has 3 atom stereocenters. The summed E-state index contributed by atoms with van der Waals surface area (Å²) in [6.45, 7) is 0.921. The van der Waals surface area contributed by atoms with Crippen molar-refractivity contribution in [2.75, 3.05) is 11.9 Å². The Balaban J connectivity index is 1.52. The van der Waals surface area contributed by atoms with Crippen LogP contribution in [0, 0.1) is 0 Å². The van der Waals surface area contributed by atoms with Crippen LogP contribution in [0.5, 0.6) is 5.75 Å². The minimum absolute atomic E-state index is 0.383. The summed E-state index contributed by atoms with van der Waals surface area (Å²) in [6.07, 6.45) is 2.39. The molecular weight excluding hydrogens is 272 g/mol. The van der Waals surface area contributed by atoms with E-state index in [0.29, 0.717) is 23.8 Å². The number of nitrogens with one attached hydrogen (secondary N) is 1. The molecule has 3 heteroatoms. The first kappa shape index (κ1) is 13.6. The third-order valence-corrected chi connectivity index (χ3v) is 5.26. The van der Waals surface area contributed by atoms with E-state index in [4.69, 9.17) is 0 Å². The highest BCUT2D eigenvalue weighted by Crippen LogP contribution is 2.49. The number of likely N-dealkylation sites (N-methyl/N-ethyl adjacent to an activating group) is 1. The third kappa shape index (κ3) is 2.17. The van der Waals surface area contributed by atoms with Crippen LogP contribution in [-0.4, -0.2) is 24.2 Å². The molecule has 1 aliphatic heterocycles. The van der Waals surface area contributed by atoms with Crippen LogP contribution in [0.25, 0.3) is 0 Å². The second-order valence-corrected chi connectivity index (χ2v) is 6.50. The van der Waals surface area contributed by atoms with Gasteiger partial charge in [-0.3, -0.25) is 0 Å². The van der Waals surface area contributed by atoms with Crippen molar-refractivity contribution in [3.63, 3.8) is 0 Å². The molecule has 0 radical (unpaired) electrons. The summed E-state index contributed by atoms with van der Waals surface area (Å²) in [4.78, 5) is 2.40. The largest absolute Gasteiger partial charge is 0.508 e. The van der Waals surface area contributed by atoms with Gasteiger partial charge in [0.2, 0.25) is 0 Å². The Morgan fingerprint density at radius 2 is 1.95 bits per heavy atom. The van der Waals surface area contributed by atoms with Crippen molar-refractivity contribution in [1.29, 1.82) is 0 Å². The lowest BCUT2D eigenvalue weighted by Crippen LogP contribution is -2.44. The molecule has 3 nitrogen and oxygen atoms in total. The molecular formula is C19H22N2O. The van der Waals surface area contributed by atoms with Gasteiger partial charge in [0.05, 0.1) is 6.04 Å². The summed E-state index contributed by atoms with van der Waals surface area (Å²) in [5, 5.41) is 13.5. The van der Waals surface area contributed by atoms with Gasteiger partial charge in [0.1, 0.15) is 5.75 Å². The maximum atomic E-state index is 9.79. The highest BCUT2D eigenvalue weighted by atomic mass is 16.3. The van der Waals surface area contributed by atoms with Crippen LogP contribution in [0.3, 0.4) is 0 Å². The first-order valence-electron chi connectivity index (χ1n) is 8.07. The number of fused-ring (bicyclic) bond motifs is 3. The normalized spacial score (nSPS) is 26.0. The zero-order valence-electron chi connectivity index (χ0n) is 12.9. The van der Waals surface area contributed by atoms with Crippen LogP contribution in [-0.2, 0) is 6.54 Å². The van der Waals surface area contributed by atoms with Crippen LogP contribution in [0.2, 0.25) is 0 Å². The Labute approximate surface area is 131 Å². The van der Waals surface area contributed by atoms with Gasteiger partial charge in [0, 0.05) is 31.2 Å². The fraction of sp³-hybridized carbons (Fsp3) is 0.368. The second kappa shape index (κ2) is 5.33. The van der Waals surface area contributed by atoms with E-state index in [1.54, 1.807) is 6.07 Å². The minimum atomic E-state index is 0.383. The van der Waals surface area contributed by atoms with Gasteiger partial charge in [0.25, 0.3) is 0 Å². The number of anilines is 1. The summed E-state index contributed by atoms with van der Waals surface area (Å²) in [7, 11) is 2.18. The number of phenols is 1. The number of rotatable bonds is 3. The van der Waals surface area contributed by atoms with Gasteiger partial charge in [-0.05, 0) is 42.2 Å². The smallest absolute Gasteiger partial charge is 0.116 e. The standard InChI is InChI=1S/C19H22N2O/c1-21-18-10-7-14(22)11-16(18)15-8-9-17(19(15)21)20-12-13-5-3-2-4-6-13/h2-7,10-11,15,17,19-20,22H,8-9,12H2,1H3. The van der Waals surface area contributed by atoms with Gasteiger partial charge >= 0.3 is 0 Å². The third-order valence-electron chi connectivity index (χ3n) is 5.26. The van der Waals surface area contributed by atoms with Crippen LogP contribution in [0.1, 0.15) is 29.9 Å². The fourth-order valence-electron chi connectivity index (χ4n) is 4.25. The molecule has 2 aliphatic rings. The zero-order valence-corrected chi connectivity index (χ0v) is 12.9. The molecule has 1 aliphatic carbocycles. The lowest BCUT2D eigenvalue weighted by Gasteiger charge is -2.29. The summed E-state index contributed by atoms with van der Waals surface area (Å²) in [5.74, 6) is 0.925. The van der Waals surface area contributed by atoms with Gasteiger partial charge < -0.3 is 15.3 Å². The molecule has 3 unspecified atom stereocenters. The Bertz CT molecular complexity index is 670. The number of aromatic hydroxyl groups is 1. The molecule has 4 rings (SSSR count). The predicted molar refractivity (Wildman–Crippen MR) is 89.3 cm³/mol. The van der Waals surface area contributed by atoms with Crippen molar-refractivity contribution in [2.24, 2.45) is 0 Å². The molecule has 2 aromatic rings. The van der Waals surface area contributed by atoms with E-state index in [0.717, 1.165) is 6.54 Å². The van der Waals surface area contributed by atoms with Crippen molar-refractivity contribution >= 4 is 5.69 Å². The minimum Gasteiger partial charge on any atom is -0.508 e. The van der Waals surface area contributed by atoms with E-state index >= 15 is 0 Å². The molecule has 0 bridgehead atoms. The zero-order chi connectivity index (χ0) is 15.1. The molecule has 2 aromatic carbocycles. The van der Waals surface area contributed by atoms with E-state index in [9.17, 15) is 5.11 Å². The maximum absolute atomic E-state index is 9.79. The van der Waals surface area contributed by atoms with Crippen LogP contribution >= 0.6 is 0 Å². The molecule has 2 N–H and O–H groups in total. The number of benzene rings is 2. The highest BCUT2D eigenvalue weighted by Gasteiger charge is 2.45. The number of hydrogen-bond donors (Lipinski definition) is 2. The van der Waals surface area contributed by atoms with Crippen molar-refractivity contribution in [3.8, 4) is 5.75 Å². The van der Waals surface area contributed by atoms with Gasteiger partial charge in [-0.1, -0.05) is 30.3 Å². The van der Waals surface area contributed by atoms with Crippen LogP contribution in [0.15, 0.2) is 48.5 Å². The van der Waals surface area contributed by atoms with Crippen LogP contribution in [0.4, 0.5) is 5.69 Å². The number of hydrogen-bond acceptors (Lipinski definition) is 3. The van der Waals surface area contributed by atoms with E-state index in [1.165, 1.54) is 29.7 Å². The molecule has 1 saturated carbocycles. The Kier molecular flexibility index (Phi) is 3.30. The molecule has 1 fully saturated rings. The van der Waals surface area contributed by atoms with Crippen molar-refractivity contribution < 1.29 is 5.11 Å². The second-order valence-electron chi connectivity index (χ2n) is 6.50. The monoisotopic (exact) mass is 294 g/mol. The average molecular weight is 294 g/mol. The molecule has 0 spiro atoms. The quantitative estimate of drug-likeness (QED) is 0.912. The van der Waals surface area contributed by atoms with Crippen molar-refractivity contribution in [2.45, 2.75) is 37.4 Å². The lowest BCUT2D eigenvalue weighted by atomic mass is 9.97. The van der Waals surface area contributed by atoms with E-state index in [1.807, 2.05) is 6.07 Å². The van der Waals surface area contributed by atoms with E-state index in [2.05, 4.69) is 53.7 Å². The summed E-state index contributed by atoms with van der Waals surface area (Å²) >= 11 is 0. The van der Waals surface area contributed by atoms with Gasteiger partial charge in [-0.15, -0.1) is 0 Å². The Morgan fingerprint density at radius 3 is 2.77 bits per heavy atom. The molecule has 1 heterocycles. The summed E-state index contributed by atoms with van der Waals surface area (Å²) in [6, 6.07) is 17.4. The Morgan fingerprint density at radius 1 is 1.14 bits per heavy atom.